The Bertz CT molecular complexity index is 1550. The molecule has 2 unspecified atom stereocenters. The predicted molar refractivity (Wildman–Crippen MR) is 411 cm³/mol. The van der Waals surface area contributed by atoms with E-state index in [-0.39, 0.29) is 38.6 Å². The van der Waals surface area contributed by atoms with Crippen molar-refractivity contribution in [3.8, 4) is 0 Å². The quantitative estimate of drug-likeness (QED) is 0.0329. The maximum Gasteiger partial charge on any atom is 0.268 e. The van der Waals surface area contributed by atoms with Crippen molar-refractivity contribution in [1.29, 1.82) is 0 Å². The molecule has 96 heavy (non-hydrogen) atoms. The van der Waals surface area contributed by atoms with Gasteiger partial charge < -0.3 is 46.3 Å². The summed E-state index contributed by atoms with van der Waals surface area (Å²) >= 11 is 0. The van der Waals surface area contributed by atoms with Crippen LogP contribution in [0.2, 0.25) is 0 Å². The third kappa shape index (κ3) is 76.7. The topological polar surface area (TPSA) is 136 Å². The fourth-order valence-electron chi connectivity index (χ4n) is 13.3. The van der Waals surface area contributed by atoms with Gasteiger partial charge in [0.25, 0.3) is 15.6 Å². The van der Waals surface area contributed by atoms with Crippen LogP contribution in [-0.2, 0) is 36.7 Å². The summed E-state index contributed by atoms with van der Waals surface area (Å²) in [5, 5.41) is 0. The maximum absolute atomic E-state index is 12.6. The molecule has 0 aliphatic rings. The van der Waals surface area contributed by atoms with Crippen molar-refractivity contribution in [2.45, 2.75) is 425 Å². The third-order valence-corrected chi connectivity index (χ3v) is 22.1. The third-order valence-electron chi connectivity index (χ3n) is 20.2. The van der Waals surface area contributed by atoms with Gasteiger partial charge in [-0.3, -0.25) is 9.13 Å². The average Bonchev–Trinajstić information content (AvgIpc) is 3.64. The van der Waals surface area contributed by atoms with Crippen molar-refractivity contribution in [3.63, 3.8) is 0 Å². The summed E-state index contributed by atoms with van der Waals surface area (Å²) < 4.78 is 60.0. The van der Waals surface area contributed by atoms with Crippen molar-refractivity contribution in [2.75, 3.05) is 95.0 Å². The Balaban J connectivity index is 3.93. The van der Waals surface area contributed by atoms with Crippen molar-refractivity contribution in [1.82, 2.24) is 0 Å². The first-order valence-corrected chi connectivity index (χ1v) is 45.2. The van der Waals surface area contributed by atoms with E-state index < -0.39 is 15.6 Å². The summed E-state index contributed by atoms with van der Waals surface area (Å²) in [7, 11) is 3.39. The van der Waals surface area contributed by atoms with Crippen LogP contribution >= 0.6 is 15.6 Å². The Morgan fingerprint density at radius 1 is 0.260 bits per heavy atom. The molecule has 14 heteroatoms. The molecule has 0 heterocycles. The Morgan fingerprint density at radius 2 is 0.448 bits per heavy atom. The number of quaternary nitrogens is 2. The number of nitrogens with zero attached hydrogens (tertiary/aromatic N) is 2. The predicted octanol–water partition coefficient (Wildman–Crippen LogP) is 24.9. The summed E-state index contributed by atoms with van der Waals surface area (Å²) in [5.41, 5.74) is 0. The van der Waals surface area contributed by atoms with Gasteiger partial charge in [-0.05, 0) is 37.5 Å². The molecular weight excluding hydrogens is 1230 g/mol. The summed E-state index contributed by atoms with van der Waals surface area (Å²) in [4.78, 5) is 25.1. The van der Waals surface area contributed by atoms with E-state index >= 15 is 0 Å². The van der Waals surface area contributed by atoms with Gasteiger partial charge in [-0.2, -0.15) is 0 Å². The Morgan fingerprint density at radius 3 is 0.656 bits per heavy atom. The number of likely N-dealkylation sites (N-methyl/N-ethyl adjacent to an activating group) is 2. The van der Waals surface area contributed by atoms with Gasteiger partial charge in [-0.25, -0.2) is 0 Å². The van der Waals surface area contributed by atoms with Crippen molar-refractivity contribution >= 4 is 15.6 Å². The van der Waals surface area contributed by atoms with Crippen molar-refractivity contribution in [3.05, 3.63) is 0 Å². The number of phosphoric acid groups is 2. The molecule has 0 radical (unpaired) electrons. The van der Waals surface area contributed by atoms with Gasteiger partial charge >= 0.3 is 0 Å². The molecule has 0 aromatic carbocycles. The second-order valence-corrected chi connectivity index (χ2v) is 35.3. The number of rotatable bonds is 81. The van der Waals surface area contributed by atoms with E-state index in [2.05, 4.69) is 27.7 Å². The van der Waals surface area contributed by atoms with Crippen LogP contribution in [-0.4, -0.2) is 116 Å². The molecule has 0 aliphatic carbocycles. The van der Waals surface area contributed by atoms with E-state index in [0.717, 1.165) is 63.2 Å². The number of ether oxygens (including phenoxy) is 2. The van der Waals surface area contributed by atoms with E-state index in [1.807, 2.05) is 42.3 Å². The van der Waals surface area contributed by atoms with Crippen LogP contribution in [0.3, 0.4) is 0 Å². The standard InChI is InChI=1S/C82H170N2O10P2/c1-11-13-15-57-65-79(3)67-59-51-45-43-49-55-63-73-89-81(77-93-95(85,86)91-75-71-83(5,6)7)69-61-53-47-41-39-37-35-33-31-29-27-25-23-21-19-17-18-20-22-24-26-28-30-32-34-36-38-40-42-48-54-62-70-82(78-94-96(87,88)92-76-72-84(8,9)10)90-74-64-56-50-44-46-52-60-68-80(4)66-58-16-14-12-2/h79-82H,11-78H2,1-10H3/t79-,80-,81+,82+/m1/s1. The molecule has 12 nitrogen and oxygen atoms in total. The maximum atomic E-state index is 12.6. The van der Waals surface area contributed by atoms with Crippen molar-refractivity contribution in [2.24, 2.45) is 11.8 Å². The fourth-order valence-corrected chi connectivity index (χ4v) is 14.8. The minimum Gasteiger partial charge on any atom is -0.756 e. The molecule has 0 aromatic heterocycles. The molecule has 6 atom stereocenters. The summed E-state index contributed by atoms with van der Waals surface area (Å²) in [6, 6.07) is 0. The van der Waals surface area contributed by atoms with Gasteiger partial charge in [0.1, 0.15) is 26.3 Å². The Kier molecular flexibility index (Phi) is 69.5. The van der Waals surface area contributed by atoms with Crippen LogP contribution in [0.15, 0.2) is 0 Å². The van der Waals surface area contributed by atoms with Gasteiger partial charge in [0.2, 0.25) is 0 Å². The van der Waals surface area contributed by atoms with E-state index in [1.54, 1.807) is 0 Å². The van der Waals surface area contributed by atoms with Crippen molar-refractivity contribution < 1.29 is 55.5 Å². The van der Waals surface area contributed by atoms with E-state index in [0.29, 0.717) is 35.3 Å². The highest BCUT2D eigenvalue weighted by atomic mass is 31.2. The lowest BCUT2D eigenvalue weighted by molar-refractivity contribution is -0.870. The molecule has 0 bridgehead atoms. The lowest BCUT2D eigenvalue weighted by Gasteiger charge is -2.28. The van der Waals surface area contributed by atoms with Crippen LogP contribution in [0.4, 0.5) is 0 Å². The zero-order chi connectivity index (χ0) is 70.6. The molecule has 0 amide bonds. The fraction of sp³-hybridized carbons (Fsp3) is 1.00. The van der Waals surface area contributed by atoms with E-state index in [9.17, 15) is 18.9 Å². The van der Waals surface area contributed by atoms with Gasteiger partial charge in [0, 0.05) is 13.2 Å². The van der Waals surface area contributed by atoms with Gasteiger partial charge in [0.05, 0.1) is 67.7 Å². The van der Waals surface area contributed by atoms with Crippen LogP contribution in [0.1, 0.15) is 413 Å². The number of hydrogen-bond acceptors (Lipinski definition) is 10. The summed E-state index contributed by atoms with van der Waals surface area (Å²) in [5.74, 6) is 1.75. The highest BCUT2D eigenvalue weighted by Gasteiger charge is 2.20. The molecular formula is C82H170N2O10P2. The molecule has 0 saturated carbocycles. The number of hydrogen-bond donors (Lipinski definition) is 0. The average molecular weight is 1410 g/mol. The molecule has 0 spiro atoms. The van der Waals surface area contributed by atoms with Gasteiger partial charge in [-0.15, -0.1) is 0 Å². The molecule has 0 rings (SSSR count). The second kappa shape index (κ2) is 69.4. The molecule has 0 N–H and O–H groups in total. The molecule has 578 valence electrons. The second-order valence-electron chi connectivity index (χ2n) is 32.5. The largest absolute Gasteiger partial charge is 0.756 e. The van der Waals surface area contributed by atoms with Crippen LogP contribution < -0.4 is 9.79 Å². The lowest BCUT2D eigenvalue weighted by Crippen LogP contribution is -2.37. The number of phosphoric ester groups is 2. The Hall–Kier alpha value is 0.0600. The van der Waals surface area contributed by atoms with Gasteiger partial charge in [0.15, 0.2) is 0 Å². The van der Waals surface area contributed by atoms with E-state index in [1.165, 1.54) is 334 Å². The summed E-state index contributed by atoms with van der Waals surface area (Å²) in [6.07, 6.45) is 78.3. The smallest absolute Gasteiger partial charge is 0.268 e. The minimum absolute atomic E-state index is 0.0468. The zero-order valence-corrected chi connectivity index (χ0v) is 68.1. The molecule has 0 saturated heterocycles. The number of unbranched alkanes of at least 4 members (excludes halogenated alkanes) is 49. The minimum atomic E-state index is -4.36. The molecule has 0 aromatic rings. The monoisotopic (exact) mass is 1410 g/mol. The van der Waals surface area contributed by atoms with Crippen LogP contribution in [0.5, 0.6) is 0 Å². The van der Waals surface area contributed by atoms with Gasteiger partial charge in [-0.1, -0.05) is 387 Å². The normalized spacial score (nSPS) is 14.9. The molecule has 0 fully saturated rings. The first-order valence-electron chi connectivity index (χ1n) is 42.3. The lowest BCUT2D eigenvalue weighted by atomic mass is 9.96. The van der Waals surface area contributed by atoms with E-state index in [4.69, 9.17) is 27.6 Å². The summed E-state index contributed by atoms with van der Waals surface area (Å²) in [6.45, 7) is 12.3. The highest BCUT2D eigenvalue weighted by molar-refractivity contribution is 7.46. The van der Waals surface area contributed by atoms with Crippen LogP contribution in [0.25, 0.3) is 0 Å². The van der Waals surface area contributed by atoms with Crippen LogP contribution in [0, 0.1) is 11.8 Å². The molecule has 0 aliphatic heterocycles. The first-order chi connectivity index (χ1) is 46.3. The Labute approximate surface area is 600 Å². The first kappa shape index (κ1) is 96.1. The SMILES string of the molecule is CCCCCC[C@@H](C)CCCCCCCCCO[C@@H](CCCCCCCCCCCCCCCCCCCCCCCCCCCCCCCCCC[C@@H](COP(=O)([O-])OCC[N+](C)(C)C)OCCCCCCCCC[C@H](C)CCCCCC)COP(=O)([O-])OCC[N+](C)(C)C. The zero-order valence-electron chi connectivity index (χ0n) is 66.3. The highest BCUT2D eigenvalue weighted by Crippen LogP contribution is 2.40.